The summed E-state index contributed by atoms with van der Waals surface area (Å²) < 4.78 is 6.69. The van der Waals surface area contributed by atoms with E-state index in [4.69, 9.17) is 4.74 Å². The van der Waals surface area contributed by atoms with E-state index in [9.17, 15) is 14.7 Å². The molecule has 0 bridgehead atoms. The monoisotopic (exact) mass is 267 g/mol. The summed E-state index contributed by atoms with van der Waals surface area (Å²) in [7, 11) is 1.58. The van der Waals surface area contributed by atoms with Crippen molar-refractivity contribution in [2.45, 2.75) is 39.7 Å². The van der Waals surface area contributed by atoms with Gasteiger partial charge in [0.1, 0.15) is 0 Å². The quantitative estimate of drug-likeness (QED) is 0.857. The Morgan fingerprint density at radius 3 is 2.58 bits per heavy atom. The van der Waals surface area contributed by atoms with Gasteiger partial charge in [0.15, 0.2) is 0 Å². The van der Waals surface area contributed by atoms with Crippen molar-refractivity contribution >= 4 is 5.97 Å². The maximum absolute atomic E-state index is 12.1. The summed E-state index contributed by atoms with van der Waals surface area (Å²) in [5.74, 6) is -1.00. The van der Waals surface area contributed by atoms with E-state index in [-0.39, 0.29) is 17.2 Å². The van der Waals surface area contributed by atoms with Gasteiger partial charge in [-0.15, -0.1) is 0 Å². The fourth-order valence-corrected chi connectivity index (χ4v) is 2.49. The van der Waals surface area contributed by atoms with Gasteiger partial charge in [0.2, 0.25) is 0 Å². The number of aromatic nitrogens is 1. The Balaban J connectivity index is 3.44. The first-order chi connectivity index (χ1) is 8.93. The highest BCUT2D eigenvalue weighted by Gasteiger charge is 2.20. The normalized spacial score (nSPS) is 12.4. The van der Waals surface area contributed by atoms with Crippen molar-refractivity contribution in [3.63, 3.8) is 0 Å². The SMILES string of the molecule is CCCC(COC)n1c(C)c(C(=O)O)c(C)cc1=O. The number of carboxylic acids is 1. The molecule has 5 nitrogen and oxygen atoms in total. The largest absolute Gasteiger partial charge is 0.478 e. The number of carboxylic acid groups (broad SMARTS) is 1. The standard InChI is InChI=1S/C14H21NO4/c1-5-6-11(8-19-4)15-10(3)13(14(17)18)9(2)7-12(15)16/h7,11H,5-6,8H2,1-4H3,(H,17,18). The molecule has 5 heteroatoms. The third kappa shape index (κ3) is 3.23. The van der Waals surface area contributed by atoms with Crippen molar-refractivity contribution in [2.24, 2.45) is 0 Å². The topological polar surface area (TPSA) is 68.5 Å². The summed E-state index contributed by atoms with van der Waals surface area (Å²) in [4.78, 5) is 23.4. The highest BCUT2D eigenvalue weighted by Crippen LogP contribution is 2.19. The molecule has 0 aliphatic heterocycles. The minimum absolute atomic E-state index is 0.124. The maximum atomic E-state index is 12.1. The molecule has 19 heavy (non-hydrogen) atoms. The number of aromatic carboxylic acids is 1. The summed E-state index contributed by atoms with van der Waals surface area (Å²) in [6, 6.07) is 1.26. The molecule has 0 saturated carbocycles. The molecule has 1 atom stereocenters. The predicted octanol–water partition coefficient (Wildman–Crippen LogP) is 2.15. The number of rotatable bonds is 6. The average Bonchev–Trinajstić information content (AvgIpc) is 2.27. The molecule has 1 rings (SSSR count). The summed E-state index contributed by atoms with van der Waals surface area (Å²) >= 11 is 0. The molecule has 0 spiro atoms. The molecule has 1 aromatic rings. The van der Waals surface area contributed by atoms with Crippen LogP contribution in [0.4, 0.5) is 0 Å². The first-order valence-corrected chi connectivity index (χ1v) is 6.39. The van der Waals surface area contributed by atoms with E-state index >= 15 is 0 Å². The van der Waals surface area contributed by atoms with E-state index in [1.807, 2.05) is 6.92 Å². The zero-order chi connectivity index (χ0) is 14.6. The Labute approximate surface area is 112 Å². The highest BCUT2D eigenvalue weighted by atomic mass is 16.5. The van der Waals surface area contributed by atoms with Crippen molar-refractivity contribution < 1.29 is 14.6 Å². The average molecular weight is 267 g/mol. The van der Waals surface area contributed by atoms with E-state index in [1.54, 1.807) is 25.5 Å². The van der Waals surface area contributed by atoms with E-state index < -0.39 is 5.97 Å². The third-order valence-corrected chi connectivity index (χ3v) is 3.25. The number of methoxy groups -OCH3 is 1. The van der Waals surface area contributed by atoms with Crippen LogP contribution in [0.25, 0.3) is 0 Å². The summed E-state index contributed by atoms with van der Waals surface area (Å²) in [6.07, 6.45) is 1.67. The number of pyridine rings is 1. The van der Waals surface area contributed by atoms with Crippen molar-refractivity contribution in [3.8, 4) is 0 Å². The molecule has 0 aliphatic carbocycles. The van der Waals surface area contributed by atoms with Crippen LogP contribution in [0.3, 0.4) is 0 Å². The lowest BCUT2D eigenvalue weighted by Crippen LogP contribution is -2.31. The third-order valence-electron chi connectivity index (χ3n) is 3.25. The zero-order valence-corrected chi connectivity index (χ0v) is 11.9. The van der Waals surface area contributed by atoms with Gasteiger partial charge in [0, 0.05) is 18.9 Å². The molecular weight excluding hydrogens is 246 g/mol. The number of hydrogen-bond acceptors (Lipinski definition) is 3. The van der Waals surface area contributed by atoms with Crippen LogP contribution in [0.5, 0.6) is 0 Å². The second kappa shape index (κ2) is 6.52. The first-order valence-electron chi connectivity index (χ1n) is 6.39. The van der Waals surface area contributed by atoms with Crippen molar-refractivity contribution in [1.82, 2.24) is 4.57 Å². The van der Waals surface area contributed by atoms with Gasteiger partial charge < -0.3 is 14.4 Å². The van der Waals surface area contributed by atoms with Gasteiger partial charge in [-0.3, -0.25) is 4.79 Å². The predicted molar refractivity (Wildman–Crippen MR) is 73.0 cm³/mol. The fourth-order valence-electron chi connectivity index (χ4n) is 2.49. The van der Waals surface area contributed by atoms with Crippen molar-refractivity contribution in [3.05, 3.63) is 33.2 Å². The summed E-state index contributed by atoms with van der Waals surface area (Å²) in [5.41, 5.74) is 1.03. The number of hydrogen-bond donors (Lipinski definition) is 1. The lowest BCUT2D eigenvalue weighted by molar-refractivity contribution is 0.0693. The van der Waals surface area contributed by atoms with Crippen LogP contribution < -0.4 is 5.56 Å². The summed E-state index contributed by atoms with van der Waals surface area (Å²) in [6.45, 7) is 5.75. The van der Waals surface area contributed by atoms with Crippen LogP contribution >= 0.6 is 0 Å². The van der Waals surface area contributed by atoms with E-state index in [2.05, 4.69) is 0 Å². The van der Waals surface area contributed by atoms with Crippen LogP contribution in [-0.4, -0.2) is 29.4 Å². The number of carbonyl (C=O) groups is 1. The van der Waals surface area contributed by atoms with E-state index in [1.165, 1.54) is 6.07 Å². The molecule has 0 aliphatic rings. The molecule has 0 radical (unpaired) electrons. The minimum Gasteiger partial charge on any atom is -0.478 e. The Kier molecular flexibility index (Phi) is 5.30. The van der Waals surface area contributed by atoms with Crippen LogP contribution in [0.15, 0.2) is 10.9 Å². The maximum Gasteiger partial charge on any atom is 0.337 e. The zero-order valence-electron chi connectivity index (χ0n) is 11.9. The van der Waals surface area contributed by atoms with Gasteiger partial charge in [-0.2, -0.15) is 0 Å². The smallest absolute Gasteiger partial charge is 0.337 e. The lowest BCUT2D eigenvalue weighted by atomic mass is 10.1. The van der Waals surface area contributed by atoms with Gasteiger partial charge in [0.25, 0.3) is 5.56 Å². The van der Waals surface area contributed by atoms with Crippen molar-refractivity contribution in [2.75, 3.05) is 13.7 Å². The molecule has 106 valence electrons. The van der Waals surface area contributed by atoms with Gasteiger partial charge in [-0.1, -0.05) is 13.3 Å². The number of ether oxygens (including phenoxy) is 1. The van der Waals surface area contributed by atoms with Crippen LogP contribution in [0, 0.1) is 13.8 Å². The molecule has 1 N–H and O–H groups in total. The second-order valence-electron chi connectivity index (χ2n) is 4.70. The van der Waals surface area contributed by atoms with Crippen molar-refractivity contribution in [1.29, 1.82) is 0 Å². The molecular formula is C14H21NO4. The Morgan fingerprint density at radius 2 is 2.11 bits per heavy atom. The Bertz CT molecular complexity index is 513. The van der Waals surface area contributed by atoms with Crippen LogP contribution in [-0.2, 0) is 4.74 Å². The second-order valence-corrected chi connectivity index (χ2v) is 4.70. The van der Waals surface area contributed by atoms with Gasteiger partial charge in [-0.25, -0.2) is 4.79 Å². The molecule has 0 aromatic carbocycles. The Hall–Kier alpha value is -1.62. The van der Waals surface area contributed by atoms with Crippen LogP contribution in [0.1, 0.15) is 47.4 Å². The first kappa shape index (κ1) is 15.4. The molecule has 1 unspecified atom stereocenters. The highest BCUT2D eigenvalue weighted by molar-refractivity contribution is 5.90. The van der Waals surface area contributed by atoms with Gasteiger partial charge in [-0.05, 0) is 25.8 Å². The molecule has 1 heterocycles. The van der Waals surface area contributed by atoms with Gasteiger partial charge in [0.05, 0.1) is 18.2 Å². The van der Waals surface area contributed by atoms with E-state index in [0.717, 1.165) is 12.8 Å². The molecule has 0 amide bonds. The summed E-state index contributed by atoms with van der Waals surface area (Å²) in [5, 5.41) is 9.26. The van der Waals surface area contributed by atoms with Crippen LogP contribution in [0.2, 0.25) is 0 Å². The minimum atomic E-state index is -1.00. The van der Waals surface area contributed by atoms with Gasteiger partial charge >= 0.3 is 5.97 Å². The van der Waals surface area contributed by atoms with E-state index in [0.29, 0.717) is 17.9 Å². The number of aryl methyl sites for hydroxylation is 1. The lowest BCUT2D eigenvalue weighted by Gasteiger charge is -2.22. The fraction of sp³-hybridized carbons (Fsp3) is 0.571. The molecule has 1 aromatic heterocycles. The molecule has 0 saturated heterocycles. The Morgan fingerprint density at radius 1 is 1.47 bits per heavy atom. The molecule has 0 fully saturated rings. The number of nitrogens with zero attached hydrogens (tertiary/aromatic N) is 1.